The van der Waals surface area contributed by atoms with Crippen molar-refractivity contribution in [2.45, 2.75) is 0 Å². The van der Waals surface area contributed by atoms with E-state index < -0.39 is 0 Å². The molecule has 0 fully saturated rings. The van der Waals surface area contributed by atoms with E-state index in [1.165, 1.54) is 64.7 Å². The first kappa shape index (κ1) is 21.4. The van der Waals surface area contributed by atoms with Crippen molar-refractivity contribution in [1.29, 1.82) is 0 Å². The summed E-state index contributed by atoms with van der Waals surface area (Å²) in [6.45, 7) is 0. The molecule has 0 bridgehead atoms. The third-order valence-corrected chi connectivity index (χ3v) is 9.33. The van der Waals surface area contributed by atoms with Gasteiger partial charge in [0.15, 0.2) is 0 Å². The third kappa shape index (κ3) is 3.71. The molecule has 0 saturated heterocycles. The Kier molecular flexibility index (Phi) is 5.35. The molecule has 7 aromatic rings. The predicted molar refractivity (Wildman–Crippen MR) is 156 cm³/mol. The van der Waals surface area contributed by atoms with Crippen molar-refractivity contribution in [2.75, 3.05) is 0 Å². The van der Waals surface area contributed by atoms with E-state index in [1.54, 1.807) is 34.0 Å². The normalized spacial score (nSPS) is 11.3. The molecule has 6 aromatic heterocycles. The summed E-state index contributed by atoms with van der Waals surface area (Å²) in [6.07, 6.45) is 12.2. The van der Waals surface area contributed by atoms with Crippen LogP contribution in [0.3, 0.4) is 0 Å². The molecule has 0 aliphatic rings. The molecule has 3 nitrogen and oxygen atoms in total. The van der Waals surface area contributed by atoms with Crippen molar-refractivity contribution in [1.82, 2.24) is 15.0 Å². The third-order valence-electron chi connectivity index (χ3n) is 6.44. The molecular weight excluding hydrogens is 499 g/mol. The first-order valence-corrected chi connectivity index (χ1v) is 14.3. The molecule has 0 aliphatic heterocycles. The van der Waals surface area contributed by atoms with Gasteiger partial charge in [-0.05, 0) is 87.4 Å². The molecule has 0 amide bonds. The lowest BCUT2D eigenvalue weighted by atomic mass is 9.96. The Morgan fingerprint density at radius 3 is 1.00 bits per heavy atom. The van der Waals surface area contributed by atoms with Gasteiger partial charge < -0.3 is 15.0 Å². The molecule has 174 valence electrons. The van der Waals surface area contributed by atoms with Crippen LogP contribution < -0.4 is 0 Å². The summed E-state index contributed by atoms with van der Waals surface area (Å²) in [5, 5.41) is 6.57. The SMILES string of the molecule is c1cc(-c2ccsc2-c2cc(-c3sccc3-c3cc[nH]c3)cc(-c3sccc3-c3cc[nH]c3)c2)c[nH]1. The van der Waals surface area contributed by atoms with Gasteiger partial charge >= 0.3 is 0 Å². The van der Waals surface area contributed by atoms with Crippen LogP contribution in [0.5, 0.6) is 0 Å². The van der Waals surface area contributed by atoms with Gasteiger partial charge in [0.25, 0.3) is 0 Å². The Hall–Kier alpha value is -3.84. The van der Waals surface area contributed by atoms with Crippen LogP contribution >= 0.6 is 34.0 Å². The second-order valence-electron chi connectivity index (χ2n) is 8.59. The fraction of sp³-hybridized carbons (Fsp3) is 0. The number of thiophene rings is 3. The molecule has 3 N–H and O–H groups in total. The second-order valence-corrected chi connectivity index (χ2v) is 11.3. The number of rotatable bonds is 6. The summed E-state index contributed by atoms with van der Waals surface area (Å²) in [5.74, 6) is 0. The Morgan fingerprint density at radius 1 is 0.389 bits per heavy atom. The number of aromatic nitrogens is 3. The minimum absolute atomic E-state index is 1.21. The first-order chi connectivity index (χ1) is 17.8. The Morgan fingerprint density at radius 2 is 0.722 bits per heavy atom. The zero-order valence-electron chi connectivity index (χ0n) is 19.1. The minimum atomic E-state index is 1.21. The van der Waals surface area contributed by atoms with E-state index in [0.717, 1.165) is 0 Å². The van der Waals surface area contributed by atoms with Crippen LogP contribution in [-0.4, -0.2) is 15.0 Å². The van der Waals surface area contributed by atoms with Gasteiger partial charge in [-0.3, -0.25) is 0 Å². The lowest BCUT2D eigenvalue weighted by Gasteiger charge is -2.12. The summed E-state index contributed by atoms with van der Waals surface area (Å²) < 4.78 is 0. The molecule has 0 unspecified atom stereocenters. The number of aromatic amines is 3. The molecule has 6 heteroatoms. The first-order valence-electron chi connectivity index (χ1n) is 11.6. The smallest absolute Gasteiger partial charge is 0.0422 e. The van der Waals surface area contributed by atoms with Crippen molar-refractivity contribution >= 4 is 34.0 Å². The van der Waals surface area contributed by atoms with E-state index in [4.69, 9.17) is 0 Å². The highest BCUT2D eigenvalue weighted by Crippen LogP contribution is 2.46. The fourth-order valence-electron chi connectivity index (χ4n) is 4.78. The van der Waals surface area contributed by atoms with E-state index in [9.17, 15) is 0 Å². The van der Waals surface area contributed by atoms with Crippen LogP contribution in [0.1, 0.15) is 0 Å². The standard InChI is InChI=1S/C30H21N3S3/c1-7-31-16-19(1)25-4-10-34-28(25)22-13-23(29-26(5-11-35-29)20-2-8-32-17-20)15-24(14-22)30-27(6-12-36-30)21-3-9-33-18-21/h1-18,31-33H. The zero-order valence-corrected chi connectivity index (χ0v) is 21.6. The van der Waals surface area contributed by atoms with E-state index >= 15 is 0 Å². The highest BCUT2D eigenvalue weighted by Gasteiger charge is 2.18. The van der Waals surface area contributed by atoms with E-state index in [-0.39, 0.29) is 0 Å². The van der Waals surface area contributed by atoms with Gasteiger partial charge in [0.2, 0.25) is 0 Å². The number of benzene rings is 1. The summed E-state index contributed by atoms with van der Waals surface area (Å²) in [6, 6.07) is 20.2. The molecule has 0 spiro atoms. The molecule has 0 saturated carbocycles. The molecule has 0 atom stereocenters. The van der Waals surface area contributed by atoms with Gasteiger partial charge in [-0.2, -0.15) is 0 Å². The largest absolute Gasteiger partial charge is 0.367 e. The van der Waals surface area contributed by atoms with Gasteiger partial charge in [-0.1, -0.05) is 0 Å². The van der Waals surface area contributed by atoms with Crippen LogP contribution in [0.15, 0.2) is 108 Å². The maximum atomic E-state index is 3.21. The van der Waals surface area contributed by atoms with Crippen LogP contribution in [0.25, 0.3) is 64.7 Å². The molecule has 1 aromatic carbocycles. The molecule has 7 rings (SSSR count). The lowest BCUT2D eigenvalue weighted by molar-refractivity contribution is 1.41. The zero-order chi connectivity index (χ0) is 23.9. The Bertz CT molecular complexity index is 1510. The number of nitrogens with one attached hydrogen (secondary N) is 3. The molecular formula is C30H21N3S3. The monoisotopic (exact) mass is 519 g/mol. The predicted octanol–water partition coefficient (Wildman–Crippen LogP) is 9.86. The quantitative estimate of drug-likeness (QED) is 0.196. The van der Waals surface area contributed by atoms with Gasteiger partial charge in [0.1, 0.15) is 0 Å². The van der Waals surface area contributed by atoms with E-state index in [2.05, 4.69) is 104 Å². The van der Waals surface area contributed by atoms with Crippen LogP contribution in [-0.2, 0) is 0 Å². The highest BCUT2D eigenvalue weighted by atomic mass is 32.1. The summed E-state index contributed by atoms with van der Waals surface area (Å²) in [4.78, 5) is 13.5. The van der Waals surface area contributed by atoms with Crippen molar-refractivity contribution in [2.24, 2.45) is 0 Å². The average molecular weight is 520 g/mol. The molecule has 0 radical (unpaired) electrons. The molecule has 0 aliphatic carbocycles. The number of hydrogen-bond acceptors (Lipinski definition) is 3. The van der Waals surface area contributed by atoms with Crippen molar-refractivity contribution in [3.63, 3.8) is 0 Å². The number of hydrogen-bond donors (Lipinski definition) is 3. The summed E-state index contributed by atoms with van der Waals surface area (Å²) >= 11 is 5.40. The highest BCUT2D eigenvalue weighted by molar-refractivity contribution is 7.15. The van der Waals surface area contributed by atoms with E-state index in [1.807, 2.05) is 18.6 Å². The van der Waals surface area contributed by atoms with Gasteiger partial charge in [0.05, 0.1) is 0 Å². The van der Waals surface area contributed by atoms with Crippen LogP contribution in [0.4, 0.5) is 0 Å². The van der Waals surface area contributed by atoms with Gasteiger partial charge in [-0.15, -0.1) is 34.0 Å². The van der Waals surface area contributed by atoms with Gasteiger partial charge in [-0.25, -0.2) is 0 Å². The van der Waals surface area contributed by atoms with Gasteiger partial charge in [0, 0.05) is 85.2 Å². The Balaban J connectivity index is 1.45. The Labute approximate surface area is 220 Å². The summed E-state index contributed by atoms with van der Waals surface area (Å²) in [7, 11) is 0. The second kappa shape index (κ2) is 8.99. The number of H-pyrrole nitrogens is 3. The topological polar surface area (TPSA) is 47.4 Å². The molecule has 6 heterocycles. The van der Waals surface area contributed by atoms with E-state index in [0.29, 0.717) is 0 Å². The van der Waals surface area contributed by atoms with Crippen molar-refractivity contribution < 1.29 is 0 Å². The van der Waals surface area contributed by atoms with Crippen molar-refractivity contribution in [3.8, 4) is 64.7 Å². The minimum Gasteiger partial charge on any atom is -0.367 e. The lowest BCUT2D eigenvalue weighted by Crippen LogP contribution is -1.86. The van der Waals surface area contributed by atoms with Crippen LogP contribution in [0.2, 0.25) is 0 Å². The fourth-order valence-corrected chi connectivity index (χ4v) is 7.50. The maximum Gasteiger partial charge on any atom is 0.0422 e. The maximum absolute atomic E-state index is 3.21. The molecule has 36 heavy (non-hydrogen) atoms. The summed E-state index contributed by atoms with van der Waals surface area (Å²) in [5.41, 5.74) is 11.2. The van der Waals surface area contributed by atoms with Crippen molar-refractivity contribution in [3.05, 3.63) is 108 Å². The average Bonchev–Trinajstić information content (AvgIpc) is 3.76. The van der Waals surface area contributed by atoms with Crippen LogP contribution in [0, 0.1) is 0 Å².